The molecular formula is C7H5ClN4O2S2. The van der Waals surface area contributed by atoms with Crippen molar-refractivity contribution in [2.24, 2.45) is 0 Å². The van der Waals surface area contributed by atoms with Crippen LogP contribution in [0.15, 0.2) is 28.7 Å². The molecule has 1 N–H and O–H groups in total. The Labute approximate surface area is 100 Å². The minimum atomic E-state index is -3.66. The maximum absolute atomic E-state index is 11.8. The molecule has 2 aromatic rings. The molecule has 0 aromatic carbocycles. The largest absolute Gasteiger partial charge is 0.265 e. The molecule has 0 bridgehead atoms. The van der Waals surface area contributed by atoms with Crippen LogP contribution in [0.25, 0.3) is 0 Å². The molecule has 2 heterocycles. The fraction of sp³-hybridized carbons (Fsp3) is 0. The lowest BCUT2D eigenvalue weighted by molar-refractivity contribution is 0.600. The standard InChI is InChI=1S/C7H5ClN4O2S2/c8-6-2-1-5(3-9-6)16(13,14)12-7-11-10-4-15-7/h1-4H,(H,11,12). The molecule has 6 nitrogen and oxygen atoms in total. The van der Waals surface area contributed by atoms with Gasteiger partial charge in [0.05, 0.1) is 0 Å². The zero-order valence-electron chi connectivity index (χ0n) is 7.66. The van der Waals surface area contributed by atoms with Crippen molar-refractivity contribution in [3.05, 3.63) is 29.0 Å². The minimum absolute atomic E-state index is 0.0205. The molecule has 9 heteroatoms. The Morgan fingerprint density at radius 3 is 2.75 bits per heavy atom. The highest BCUT2D eigenvalue weighted by atomic mass is 35.5. The van der Waals surface area contributed by atoms with Gasteiger partial charge in [-0.2, -0.15) is 0 Å². The first-order chi connectivity index (χ1) is 7.58. The van der Waals surface area contributed by atoms with Crippen LogP contribution < -0.4 is 4.72 Å². The predicted octanol–water partition coefficient (Wildman–Crippen LogP) is 1.39. The van der Waals surface area contributed by atoms with E-state index in [2.05, 4.69) is 19.9 Å². The molecular weight excluding hydrogens is 272 g/mol. The van der Waals surface area contributed by atoms with Gasteiger partial charge in [0.15, 0.2) is 0 Å². The number of rotatable bonds is 3. The van der Waals surface area contributed by atoms with Gasteiger partial charge in [-0.1, -0.05) is 22.9 Å². The molecule has 0 aliphatic heterocycles. The van der Waals surface area contributed by atoms with Crippen LogP contribution in [0.2, 0.25) is 5.15 Å². The summed E-state index contributed by atoms with van der Waals surface area (Å²) in [4.78, 5) is 3.71. The fourth-order valence-corrected chi connectivity index (χ4v) is 2.66. The summed E-state index contributed by atoms with van der Waals surface area (Å²) in [5.41, 5.74) is 1.43. The molecule has 0 amide bonds. The molecule has 0 aliphatic rings. The van der Waals surface area contributed by atoms with E-state index in [0.717, 1.165) is 11.3 Å². The second kappa shape index (κ2) is 4.32. The van der Waals surface area contributed by atoms with E-state index in [1.54, 1.807) is 0 Å². The monoisotopic (exact) mass is 276 g/mol. The number of hydrogen-bond donors (Lipinski definition) is 1. The van der Waals surface area contributed by atoms with Crippen LogP contribution in [0.1, 0.15) is 0 Å². The van der Waals surface area contributed by atoms with Crippen molar-refractivity contribution in [1.29, 1.82) is 0 Å². The van der Waals surface area contributed by atoms with E-state index in [9.17, 15) is 8.42 Å². The average molecular weight is 277 g/mol. The first kappa shape index (κ1) is 11.2. The normalized spacial score (nSPS) is 11.3. The summed E-state index contributed by atoms with van der Waals surface area (Å²) in [5, 5.41) is 7.53. The highest BCUT2D eigenvalue weighted by Gasteiger charge is 2.15. The zero-order valence-corrected chi connectivity index (χ0v) is 10.1. The van der Waals surface area contributed by atoms with Crippen LogP contribution in [0.4, 0.5) is 5.13 Å². The molecule has 0 unspecified atom stereocenters. The average Bonchev–Trinajstić information content (AvgIpc) is 2.70. The van der Waals surface area contributed by atoms with Crippen LogP contribution in [0, 0.1) is 0 Å². The van der Waals surface area contributed by atoms with Crippen molar-refractivity contribution in [1.82, 2.24) is 15.2 Å². The first-order valence-electron chi connectivity index (χ1n) is 3.98. The number of pyridine rings is 1. The molecule has 0 saturated carbocycles. The molecule has 0 aliphatic carbocycles. The van der Waals surface area contributed by atoms with Gasteiger partial charge in [-0.25, -0.2) is 13.4 Å². The SMILES string of the molecule is O=S(=O)(Nc1nncs1)c1ccc(Cl)nc1. The Balaban J connectivity index is 2.29. The van der Waals surface area contributed by atoms with Crippen molar-refractivity contribution >= 4 is 38.1 Å². The molecule has 0 spiro atoms. The summed E-state index contributed by atoms with van der Waals surface area (Å²) < 4.78 is 25.8. The van der Waals surface area contributed by atoms with Crippen LogP contribution in [-0.2, 0) is 10.0 Å². The lowest BCUT2D eigenvalue weighted by Gasteiger charge is -2.03. The Morgan fingerprint density at radius 1 is 1.38 bits per heavy atom. The molecule has 0 saturated heterocycles. The Bertz CT molecular complexity index is 567. The van der Waals surface area contributed by atoms with Crippen molar-refractivity contribution in [3.63, 3.8) is 0 Å². The lowest BCUT2D eigenvalue weighted by Crippen LogP contribution is -2.12. The van der Waals surface area contributed by atoms with Crippen molar-refractivity contribution in [3.8, 4) is 0 Å². The van der Waals surface area contributed by atoms with E-state index < -0.39 is 10.0 Å². The molecule has 0 radical (unpaired) electrons. The van der Waals surface area contributed by atoms with Crippen LogP contribution >= 0.6 is 22.9 Å². The van der Waals surface area contributed by atoms with Crippen molar-refractivity contribution in [2.45, 2.75) is 4.90 Å². The third kappa shape index (κ3) is 2.46. The van der Waals surface area contributed by atoms with Crippen LogP contribution in [0.5, 0.6) is 0 Å². The van der Waals surface area contributed by atoms with Gasteiger partial charge in [0, 0.05) is 6.20 Å². The zero-order chi connectivity index (χ0) is 11.6. The second-order valence-electron chi connectivity index (χ2n) is 2.67. The maximum Gasteiger partial charge on any atom is 0.265 e. The number of hydrogen-bond acceptors (Lipinski definition) is 6. The summed E-state index contributed by atoms with van der Waals surface area (Å²) in [7, 11) is -3.66. The number of sulfonamides is 1. The van der Waals surface area contributed by atoms with E-state index in [-0.39, 0.29) is 15.2 Å². The predicted molar refractivity (Wildman–Crippen MR) is 60.0 cm³/mol. The summed E-state index contributed by atoms with van der Waals surface area (Å²) >= 11 is 6.65. The third-order valence-corrected chi connectivity index (χ3v) is 3.88. The Morgan fingerprint density at radius 2 is 2.19 bits per heavy atom. The van der Waals surface area contributed by atoms with Crippen molar-refractivity contribution in [2.75, 3.05) is 4.72 Å². The van der Waals surface area contributed by atoms with E-state index in [1.807, 2.05) is 0 Å². The number of nitrogens with zero attached hydrogens (tertiary/aromatic N) is 3. The van der Waals surface area contributed by atoms with E-state index in [0.29, 0.717) is 0 Å². The number of aromatic nitrogens is 3. The Kier molecular flexibility index (Phi) is 3.03. The lowest BCUT2D eigenvalue weighted by atomic mass is 10.5. The highest BCUT2D eigenvalue weighted by Crippen LogP contribution is 2.16. The van der Waals surface area contributed by atoms with Gasteiger partial charge in [-0.3, -0.25) is 4.72 Å². The fourth-order valence-electron chi connectivity index (χ4n) is 0.913. The van der Waals surface area contributed by atoms with E-state index in [4.69, 9.17) is 11.6 Å². The third-order valence-electron chi connectivity index (χ3n) is 1.59. The van der Waals surface area contributed by atoms with E-state index in [1.165, 1.54) is 23.8 Å². The van der Waals surface area contributed by atoms with Gasteiger partial charge >= 0.3 is 0 Å². The molecule has 2 rings (SSSR count). The van der Waals surface area contributed by atoms with Crippen molar-refractivity contribution < 1.29 is 8.42 Å². The molecule has 16 heavy (non-hydrogen) atoms. The first-order valence-corrected chi connectivity index (χ1v) is 6.72. The summed E-state index contributed by atoms with van der Waals surface area (Å²) in [6, 6.07) is 2.76. The molecule has 84 valence electrons. The van der Waals surface area contributed by atoms with Crippen LogP contribution in [0.3, 0.4) is 0 Å². The molecule has 0 fully saturated rings. The summed E-state index contributed by atoms with van der Waals surface area (Å²) in [6.45, 7) is 0. The maximum atomic E-state index is 11.8. The minimum Gasteiger partial charge on any atom is -0.253 e. The molecule has 0 atom stereocenters. The number of anilines is 1. The van der Waals surface area contributed by atoms with Gasteiger partial charge in [0.2, 0.25) is 5.13 Å². The topological polar surface area (TPSA) is 84.8 Å². The van der Waals surface area contributed by atoms with Crippen LogP contribution in [-0.4, -0.2) is 23.6 Å². The van der Waals surface area contributed by atoms with Gasteiger partial charge < -0.3 is 0 Å². The summed E-state index contributed by atoms with van der Waals surface area (Å²) in [5.74, 6) is 0. The van der Waals surface area contributed by atoms with Gasteiger partial charge in [-0.15, -0.1) is 10.2 Å². The number of nitrogens with one attached hydrogen (secondary N) is 1. The highest BCUT2D eigenvalue weighted by molar-refractivity contribution is 7.93. The quantitative estimate of drug-likeness (QED) is 0.856. The second-order valence-corrected chi connectivity index (χ2v) is 5.57. The number of halogens is 1. The van der Waals surface area contributed by atoms with Gasteiger partial charge in [-0.05, 0) is 12.1 Å². The molecule has 2 aromatic heterocycles. The van der Waals surface area contributed by atoms with E-state index >= 15 is 0 Å². The van der Waals surface area contributed by atoms with Gasteiger partial charge in [0.25, 0.3) is 10.0 Å². The summed E-state index contributed by atoms with van der Waals surface area (Å²) in [6.07, 6.45) is 1.17. The Hall–Kier alpha value is -1.25. The smallest absolute Gasteiger partial charge is 0.253 e. The van der Waals surface area contributed by atoms with Gasteiger partial charge in [0.1, 0.15) is 15.6 Å².